The Kier molecular flexibility index (Phi) is 49.5. The molecule has 1 amide bonds. The molecule has 0 aliphatic heterocycles. The number of unbranched alkanes of at least 4 members (excludes halogenated alkanes) is 38. The van der Waals surface area contributed by atoms with Gasteiger partial charge in [0, 0.05) is 6.42 Å². The number of allylic oxidation sites excluding steroid dienone is 4. The molecular formula is C55H107NO4. The minimum absolute atomic E-state index is 0.141. The monoisotopic (exact) mass is 846 g/mol. The maximum atomic E-state index is 12.5. The second-order valence-corrected chi connectivity index (χ2v) is 18.8. The van der Waals surface area contributed by atoms with E-state index in [9.17, 15) is 20.1 Å². The van der Waals surface area contributed by atoms with E-state index >= 15 is 0 Å². The van der Waals surface area contributed by atoms with Crippen LogP contribution in [0.5, 0.6) is 0 Å². The summed E-state index contributed by atoms with van der Waals surface area (Å²) in [6, 6.07) is -0.806. The summed E-state index contributed by atoms with van der Waals surface area (Å²) in [5.41, 5.74) is 0. The molecule has 0 bridgehead atoms. The summed E-state index contributed by atoms with van der Waals surface area (Å²) in [7, 11) is 0. The lowest BCUT2D eigenvalue weighted by Crippen LogP contribution is -2.50. The van der Waals surface area contributed by atoms with Gasteiger partial charge in [-0.25, -0.2) is 0 Å². The molecule has 0 heterocycles. The van der Waals surface area contributed by atoms with Crippen molar-refractivity contribution < 1.29 is 20.1 Å². The van der Waals surface area contributed by atoms with Crippen molar-refractivity contribution in [3.63, 3.8) is 0 Å². The number of aliphatic hydroxyl groups is 3. The zero-order chi connectivity index (χ0) is 43.7. The van der Waals surface area contributed by atoms with E-state index in [2.05, 4.69) is 43.5 Å². The van der Waals surface area contributed by atoms with Crippen LogP contribution >= 0.6 is 0 Å². The molecule has 0 saturated carbocycles. The smallest absolute Gasteiger partial charge is 0.220 e. The van der Waals surface area contributed by atoms with Gasteiger partial charge in [-0.1, -0.05) is 269 Å². The Morgan fingerprint density at radius 3 is 1.05 bits per heavy atom. The van der Waals surface area contributed by atoms with Gasteiger partial charge in [-0.3, -0.25) is 4.79 Å². The standard InChI is InChI=1S/C55H107NO4/c1-3-5-7-9-11-13-15-17-18-19-20-21-22-23-24-25-26-27-28-29-30-31-32-33-34-35-36-38-40-42-44-46-48-50-54(59)56-52(51-57)55(60)53(58)49-47-45-43-41-39-37-16-14-12-10-8-6-4-2/h20-21,23-24,52-53,55,57-58,60H,3-19,22,25-51H2,1-2H3,(H,56,59)/b21-20-,24-23-. The Morgan fingerprint density at radius 2 is 0.717 bits per heavy atom. The number of nitrogens with one attached hydrogen (secondary N) is 1. The first-order valence-corrected chi connectivity index (χ1v) is 27.1. The van der Waals surface area contributed by atoms with Crippen LogP contribution in [0.15, 0.2) is 24.3 Å². The highest BCUT2D eigenvalue weighted by Crippen LogP contribution is 2.17. The normalized spacial score (nSPS) is 13.5. The minimum atomic E-state index is -1.13. The van der Waals surface area contributed by atoms with Crippen LogP contribution < -0.4 is 5.32 Å². The number of carbonyl (C=O) groups excluding carboxylic acids is 1. The quantitative estimate of drug-likeness (QED) is 0.0363. The van der Waals surface area contributed by atoms with Crippen LogP contribution in [0, 0.1) is 0 Å². The number of rotatable bonds is 50. The summed E-state index contributed by atoms with van der Waals surface area (Å²) in [4.78, 5) is 12.5. The zero-order valence-electron chi connectivity index (χ0n) is 40.6. The summed E-state index contributed by atoms with van der Waals surface area (Å²) in [6.45, 7) is 4.19. The molecular weight excluding hydrogens is 739 g/mol. The van der Waals surface area contributed by atoms with E-state index in [1.54, 1.807) is 0 Å². The van der Waals surface area contributed by atoms with E-state index < -0.39 is 18.2 Å². The number of amides is 1. The van der Waals surface area contributed by atoms with Gasteiger partial charge in [0.05, 0.1) is 18.8 Å². The van der Waals surface area contributed by atoms with Crippen molar-refractivity contribution in [1.82, 2.24) is 5.32 Å². The maximum Gasteiger partial charge on any atom is 0.220 e. The molecule has 0 fully saturated rings. The minimum Gasteiger partial charge on any atom is -0.394 e. The Hall–Kier alpha value is -1.17. The predicted octanol–water partition coefficient (Wildman–Crippen LogP) is 16.5. The fourth-order valence-electron chi connectivity index (χ4n) is 8.61. The summed E-state index contributed by atoms with van der Waals surface area (Å²) < 4.78 is 0. The Balaban J connectivity index is 3.48. The van der Waals surface area contributed by atoms with Crippen LogP contribution in [0.4, 0.5) is 0 Å². The fourth-order valence-corrected chi connectivity index (χ4v) is 8.61. The molecule has 0 aromatic heterocycles. The highest BCUT2D eigenvalue weighted by Gasteiger charge is 2.26. The highest BCUT2D eigenvalue weighted by molar-refractivity contribution is 5.76. The SMILES string of the molecule is CCCCCCCCCCC/C=C\C/C=C\CCCCCCCCCCCCCCCCCCCC(=O)NC(CO)C(O)C(O)CCCCCCCCCCCCCCC. The molecule has 356 valence electrons. The van der Waals surface area contributed by atoms with Crippen molar-refractivity contribution in [2.24, 2.45) is 0 Å². The molecule has 0 radical (unpaired) electrons. The first-order valence-electron chi connectivity index (χ1n) is 27.1. The third-order valence-corrected chi connectivity index (χ3v) is 12.8. The van der Waals surface area contributed by atoms with Gasteiger partial charge in [0.1, 0.15) is 6.10 Å². The van der Waals surface area contributed by atoms with Gasteiger partial charge in [-0.05, 0) is 44.9 Å². The van der Waals surface area contributed by atoms with Crippen molar-refractivity contribution in [3.05, 3.63) is 24.3 Å². The van der Waals surface area contributed by atoms with Gasteiger partial charge < -0.3 is 20.6 Å². The second-order valence-electron chi connectivity index (χ2n) is 18.8. The predicted molar refractivity (Wildman–Crippen MR) is 264 cm³/mol. The maximum absolute atomic E-state index is 12.5. The molecule has 0 aromatic rings. The van der Waals surface area contributed by atoms with Gasteiger partial charge in [0.15, 0.2) is 0 Å². The van der Waals surface area contributed by atoms with Crippen LogP contribution in [-0.4, -0.2) is 46.1 Å². The van der Waals surface area contributed by atoms with E-state index in [4.69, 9.17) is 0 Å². The zero-order valence-corrected chi connectivity index (χ0v) is 40.6. The van der Waals surface area contributed by atoms with Crippen LogP contribution in [0.1, 0.15) is 296 Å². The molecule has 0 aliphatic rings. The van der Waals surface area contributed by atoms with E-state index in [0.29, 0.717) is 12.8 Å². The largest absolute Gasteiger partial charge is 0.394 e. The van der Waals surface area contributed by atoms with E-state index in [1.807, 2.05) is 0 Å². The van der Waals surface area contributed by atoms with Crippen LogP contribution in [-0.2, 0) is 4.79 Å². The first-order chi connectivity index (χ1) is 29.6. The fraction of sp³-hybridized carbons (Fsp3) is 0.909. The second kappa shape index (κ2) is 50.5. The lowest BCUT2D eigenvalue weighted by Gasteiger charge is -2.26. The van der Waals surface area contributed by atoms with Crippen molar-refractivity contribution >= 4 is 5.91 Å². The van der Waals surface area contributed by atoms with Crippen LogP contribution in [0.25, 0.3) is 0 Å². The molecule has 0 aliphatic carbocycles. The third kappa shape index (κ3) is 44.9. The van der Waals surface area contributed by atoms with Gasteiger partial charge in [0.25, 0.3) is 0 Å². The molecule has 3 atom stereocenters. The van der Waals surface area contributed by atoms with Gasteiger partial charge in [0.2, 0.25) is 5.91 Å². The molecule has 60 heavy (non-hydrogen) atoms. The summed E-state index contributed by atoms with van der Waals surface area (Å²) in [6.07, 6.45) is 63.3. The number of hydrogen-bond donors (Lipinski definition) is 4. The number of aliphatic hydroxyl groups excluding tert-OH is 3. The van der Waals surface area contributed by atoms with Crippen molar-refractivity contribution in [3.8, 4) is 0 Å². The summed E-state index contributed by atoms with van der Waals surface area (Å²) in [5.74, 6) is -0.141. The first kappa shape index (κ1) is 58.8. The Morgan fingerprint density at radius 1 is 0.417 bits per heavy atom. The van der Waals surface area contributed by atoms with E-state index in [0.717, 1.165) is 44.9 Å². The molecule has 0 spiro atoms. The van der Waals surface area contributed by atoms with Crippen molar-refractivity contribution in [2.75, 3.05) is 6.61 Å². The topological polar surface area (TPSA) is 89.8 Å². The van der Waals surface area contributed by atoms with Crippen LogP contribution in [0.2, 0.25) is 0 Å². The van der Waals surface area contributed by atoms with Crippen molar-refractivity contribution in [1.29, 1.82) is 0 Å². The van der Waals surface area contributed by atoms with E-state index in [1.165, 1.54) is 225 Å². The molecule has 0 rings (SSSR count). The highest BCUT2D eigenvalue weighted by atomic mass is 16.3. The van der Waals surface area contributed by atoms with Gasteiger partial charge in [-0.15, -0.1) is 0 Å². The lowest BCUT2D eigenvalue weighted by molar-refractivity contribution is -0.124. The molecule has 4 N–H and O–H groups in total. The lowest BCUT2D eigenvalue weighted by atomic mass is 9.99. The molecule has 0 saturated heterocycles. The number of hydrogen-bond acceptors (Lipinski definition) is 4. The third-order valence-electron chi connectivity index (χ3n) is 12.8. The molecule has 5 nitrogen and oxygen atoms in total. The number of carbonyl (C=O) groups is 1. The Bertz CT molecular complexity index is 890. The summed E-state index contributed by atoms with van der Waals surface area (Å²) >= 11 is 0. The van der Waals surface area contributed by atoms with E-state index in [-0.39, 0.29) is 12.5 Å². The van der Waals surface area contributed by atoms with Gasteiger partial charge >= 0.3 is 0 Å². The summed E-state index contributed by atoms with van der Waals surface area (Å²) in [5, 5.41) is 33.6. The van der Waals surface area contributed by atoms with Gasteiger partial charge in [-0.2, -0.15) is 0 Å². The molecule has 0 aromatic carbocycles. The average molecular weight is 846 g/mol. The molecule has 5 heteroatoms. The van der Waals surface area contributed by atoms with Crippen LogP contribution in [0.3, 0.4) is 0 Å². The Labute approximate surface area is 375 Å². The van der Waals surface area contributed by atoms with Crippen molar-refractivity contribution in [2.45, 2.75) is 315 Å². The molecule has 3 unspecified atom stereocenters. The average Bonchev–Trinajstić information content (AvgIpc) is 3.25.